The van der Waals surface area contributed by atoms with E-state index in [4.69, 9.17) is 9.47 Å². The van der Waals surface area contributed by atoms with Crippen molar-refractivity contribution in [3.63, 3.8) is 0 Å². The molecule has 0 heterocycles. The molecular weight excluding hydrogens is 408 g/mol. The lowest BCUT2D eigenvalue weighted by molar-refractivity contribution is -0.145. The SMILES string of the molecule is CCOC(=O)COc1ccc(NC(=O)C(C)(C)NS(=O)(=O)Cc2ccccc2)cc1. The number of benzene rings is 2. The highest BCUT2D eigenvalue weighted by Crippen LogP contribution is 2.18. The van der Waals surface area contributed by atoms with Gasteiger partial charge in [0, 0.05) is 5.69 Å². The first-order valence-corrected chi connectivity index (χ1v) is 11.0. The van der Waals surface area contributed by atoms with E-state index in [0.717, 1.165) is 0 Å². The molecule has 0 aliphatic heterocycles. The lowest BCUT2D eigenvalue weighted by atomic mass is 10.1. The first-order valence-electron chi connectivity index (χ1n) is 9.37. The number of hydrogen-bond donors (Lipinski definition) is 2. The van der Waals surface area contributed by atoms with Crippen LogP contribution in [0.25, 0.3) is 0 Å². The summed E-state index contributed by atoms with van der Waals surface area (Å²) in [6.07, 6.45) is 0. The standard InChI is InChI=1S/C21H26N2O6S/c1-4-28-19(24)14-29-18-12-10-17(11-13-18)22-20(25)21(2,3)23-30(26,27)15-16-8-6-5-7-9-16/h5-13,23H,4,14-15H2,1-3H3,(H,22,25). The fourth-order valence-corrected chi connectivity index (χ4v) is 4.11. The van der Waals surface area contributed by atoms with Crippen LogP contribution in [-0.2, 0) is 30.1 Å². The molecule has 0 spiro atoms. The van der Waals surface area contributed by atoms with E-state index in [-0.39, 0.29) is 19.0 Å². The molecule has 2 rings (SSSR count). The monoisotopic (exact) mass is 434 g/mol. The Hall–Kier alpha value is -2.91. The fourth-order valence-electron chi connectivity index (χ4n) is 2.53. The number of sulfonamides is 1. The number of rotatable bonds is 10. The maximum Gasteiger partial charge on any atom is 0.344 e. The summed E-state index contributed by atoms with van der Waals surface area (Å²) in [5.41, 5.74) is -0.286. The lowest BCUT2D eigenvalue weighted by Crippen LogP contribution is -2.52. The summed E-state index contributed by atoms with van der Waals surface area (Å²) in [6, 6.07) is 15.1. The summed E-state index contributed by atoms with van der Waals surface area (Å²) in [5.74, 6) is -0.778. The number of ether oxygens (including phenoxy) is 2. The number of carbonyl (C=O) groups excluding carboxylic acids is 2. The van der Waals surface area contributed by atoms with Crippen LogP contribution < -0.4 is 14.8 Å². The molecule has 0 bridgehead atoms. The minimum absolute atomic E-state index is 0.213. The summed E-state index contributed by atoms with van der Waals surface area (Å²) in [4.78, 5) is 23.9. The van der Waals surface area contributed by atoms with Crippen molar-refractivity contribution in [1.82, 2.24) is 4.72 Å². The van der Waals surface area contributed by atoms with Crippen molar-refractivity contribution in [2.45, 2.75) is 32.1 Å². The van der Waals surface area contributed by atoms with Crippen molar-refractivity contribution in [2.24, 2.45) is 0 Å². The Labute approximate surface area is 176 Å². The lowest BCUT2D eigenvalue weighted by Gasteiger charge is -2.25. The van der Waals surface area contributed by atoms with E-state index in [2.05, 4.69) is 10.0 Å². The van der Waals surface area contributed by atoms with Crippen LogP contribution in [-0.4, -0.2) is 39.0 Å². The second-order valence-corrected chi connectivity index (χ2v) is 8.77. The molecule has 0 saturated heterocycles. The normalized spacial score (nSPS) is 11.6. The highest BCUT2D eigenvalue weighted by atomic mass is 32.2. The van der Waals surface area contributed by atoms with Gasteiger partial charge in [0.2, 0.25) is 15.9 Å². The van der Waals surface area contributed by atoms with Gasteiger partial charge in [-0.2, -0.15) is 4.72 Å². The molecule has 2 aromatic rings. The molecule has 0 aliphatic rings. The molecular formula is C21H26N2O6S. The van der Waals surface area contributed by atoms with Gasteiger partial charge in [0.15, 0.2) is 6.61 Å². The molecule has 0 aliphatic carbocycles. The Balaban J connectivity index is 1.94. The van der Waals surface area contributed by atoms with Crippen LogP contribution >= 0.6 is 0 Å². The van der Waals surface area contributed by atoms with Crippen LogP contribution in [0.5, 0.6) is 5.75 Å². The van der Waals surface area contributed by atoms with Gasteiger partial charge in [-0.15, -0.1) is 0 Å². The molecule has 2 N–H and O–H groups in total. The number of amides is 1. The van der Waals surface area contributed by atoms with Crippen LogP contribution in [0.1, 0.15) is 26.3 Å². The Morgan fingerprint density at radius 2 is 1.63 bits per heavy atom. The molecule has 162 valence electrons. The maximum atomic E-state index is 12.6. The molecule has 8 nitrogen and oxygen atoms in total. The third-order valence-electron chi connectivity index (χ3n) is 3.95. The largest absolute Gasteiger partial charge is 0.482 e. The van der Waals surface area contributed by atoms with E-state index in [0.29, 0.717) is 17.0 Å². The first kappa shape index (κ1) is 23.4. The van der Waals surface area contributed by atoms with E-state index in [1.807, 2.05) is 0 Å². The summed E-state index contributed by atoms with van der Waals surface area (Å²) in [7, 11) is -3.73. The Bertz CT molecular complexity index is 957. The highest BCUT2D eigenvalue weighted by molar-refractivity contribution is 7.88. The number of anilines is 1. The molecule has 2 aromatic carbocycles. The van der Waals surface area contributed by atoms with Gasteiger partial charge in [-0.1, -0.05) is 30.3 Å². The zero-order valence-corrected chi connectivity index (χ0v) is 18.0. The maximum absolute atomic E-state index is 12.6. The second-order valence-electron chi connectivity index (χ2n) is 7.04. The molecule has 0 radical (unpaired) electrons. The smallest absolute Gasteiger partial charge is 0.344 e. The Morgan fingerprint density at radius 1 is 1.00 bits per heavy atom. The van der Waals surface area contributed by atoms with E-state index >= 15 is 0 Å². The predicted molar refractivity (Wildman–Crippen MR) is 113 cm³/mol. The quantitative estimate of drug-likeness (QED) is 0.556. The molecule has 9 heteroatoms. The molecule has 0 atom stereocenters. The van der Waals surface area contributed by atoms with Crippen molar-refractivity contribution < 1.29 is 27.5 Å². The van der Waals surface area contributed by atoms with Crippen LogP contribution in [0.2, 0.25) is 0 Å². The van der Waals surface area contributed by atoms with Crippen LogP contribution in [0.3, 0.4) is 0 Å². The van der Waals surface area contributed by atoms with Crippen LogP contribution in [0.15, 0.2) is 54.6 Å². The highest BCUT2D eigenvalue weighted by Gasteiger charge is 2.32. The summed E-state index contributed by atoms with van der Waals surface area (Å²) >= 11 is 0. The molecule has 30 heavy (non-hydrogen) atoms. The van der Waals surface area contributed by atoms with Crippen LogP contribution in [0, 0.1) is 0 Å². The van der Waals surface area contributed by atoms with E-state index < -0.39 is 27.4 Å². The van der Waals surface area contributed by atoms with Gasteiger partial charge >= 0.3 is 5.97 Å². The van der Waals surface area contributed by atoms with Gasteiger partial charge in [-0.25, -0.2) is 13.2 Å². The van der Waals surface area contributed by atoms with Gasteiger partial charge in [-0.05, 0) is 50.6 Å². The molecule has 1 amide bonds. The Morgan fingerprint density at radius 3 is 2.23 bits per heavy atom. The number of hydrogen-bond acceptors (Lipinski definition) is 6. The molecule has 0 fully saturated rings. The van der Waals surface area contributed by atoms with Crippen molar-refractivity contribution in [1.29, 1.82) is 0 Å². The summed E-state index contributed by atoms with van der Waals surface area (Å²) in [5, 5.41) is 2.67. The third kappa shape index (κ3) is 7.49. The van der Waals surface area contributed by atoms with Crippen LogP contribution in [0.4, 0.5) is 5.69 Å². The van der Waals surface area contributed by atoms with E-state index in [1.54, 1.807) is 61.5 Å². The number of nitrogens with one attached hydrogen (secondary N) is 2. The number of carbonyl (C=O) groups is 2. The van der Waals surface area contributed by atoms with Crippen molar-refractivity contribution in [2.75, 3.05) is 18.5 Å². The van der Waals surface area contributed by atoms with Crippen molar-refractivity contribution in [3.05, 3.63) is 60.2 Å². The average molecular weight is 435 g/mol. The van der Waals surface area contributed by atoms with E-state index in [1.165, 1.54) is 13.8 Å². The minimum atomic E-state index is -3.73. The minimum Gasteiger partial charge on any atom is -0.482 e. The van der Waals surface area contributed by atoms with Gasteiger partial charge in [0.1, 0.15) is 11.3 Å². The topological polar surface area (TPSA) is 111 Å². The Kier molecular flexibility index (Phi) is 7.96. The third-order valence-corrected chi connectivity index (χ3v) is 5.49. The fraction of sp³-hybridized carbons (Fsp3) is 0.333. The summed E-state index contributed by atoms with van der Waals surface area (Å²) in [6.45, 7) is 4.75. The van der Waals surface area contributed by atoms with Crippen molar-refractivity contribution >= 4 is 27.6 Å². The zero-order chi connectivity index (χ0) is 22.2. The van der Waals surface area contributed by atoms with Gasteiger partial charge < -0.3 is 14.8 Å². The zero-order valence-electron chi connectivity index (χ0n) is 17.2. The van der Waals surface area contributed by atoms with Crippen molar-refractivity contribution in [3.8, 4) is 5.75 Å². The average Bonchev–Trinajstić information content (AvgIpc) is 2.67. The molecule has 0 aromatic heterocycles. The predicted octanol–water partition coefficient (Wildman–Crippen LogP) is 2.47. The second kappa shape index (κ2) is 10.2. The summed E-state index contributed by atoms with van der Waals surface area (Å²) < 4.78 is 37.4. The molecule has 0 unspecified atom stereocenters. The number of esters is 1. The van der Waals surface area contributed by atoms with Gasteiger partial charge in [0.05, 0.1) is 12.4 Å². The van der Waals surface area contributed by atoms with E-state index in [9.17, 15) is 18.0 Å². The molecule has 0 saturated carbocycles. The first-order chi connectivity index (χ1) is 14.1. The van der Waals surface area contributed by atoms with Gasteiger partial charge in [-0.3, -0.25) is 4.79 Å². The van der Waals surface area contributed by atoms with Gasteiger partial charge in [0.25, 0.3) is 0 Å².